The Bertz CT molecular complexity index is 317. The van der Waals surface area contributed by atoms with Gasteiger partial charge < -0.3 is 9.94 Å². The zero-order valence-electron chi connectivity index (χ0n) is 8.69. The van der Waals surface area contributed by atoms with Crippen molar-refractivity contribution in [2.45, 2.75) is 19.8 Å². The maximum Gasteiger partial charge on any atom is 0.118 e. The Hall–Kier alpha value is -1.51. The monoisotopic (exact) mass is 193 g/mol. The van der Waals surface area contributed by atoms with Crippen LogP contribution in [0, 0.1) is 0 Å². The van der Waals surface area contributed by atoms with Crippen molar-refractivity contribution in [3.63, 3.8) is 0 Å². The quantitative estimate of drug-likeness (QED) is 0.455. The highest BCUT2D eigenvalue weighted by molar-refractivity contribution is 5.87. The second-order valence-electron chi connectivity index (χ2n) is 3.24. The van der Waals surface area contributed by atoms with Gasteiger partial charge in [0.05, 0.1) is 12.8 Å². The number of hydrogen-bond donors (Lipinski definition) is 1. The molecule has 0 saturated carbocycles. The van der Waals surface area contributed by atoms with Crippen LogP contribution in [0.25, 0.3) is 0 Å². The van der Waals surface area contributed by atoms with Crippen LogP contribution in [0.4, 0.5) is 0 Å². The smallest absolute Gasteiger partial charge is 0.118 e. The van der Waals surface area contributed by atoms with Crippen LogP contribution in [0.5, 0.6) is 5.75 Å². The summed E-state index contributed by atoms with van der Waals surface area (Å²) in [5.41, 5.74) is 1.82. The van der Waals surface area contributed by atoms with Gasteiger partial charge in [0.2, 0.25) is 0 Å². The standard InChI is InChI=1S/C11H15NO2/c1-8(9(2)12-13)10-4-6-11(14-3)7-5-10/h4-8,13H,1-3H3/b12-9+. The van der Waals surface area contributed by atoms with Crippen molar-refractivity contribution in [1.82, 2.24) is 0 Å². The molecule has 1 rings (SSSR count). The third-order valence-corrected chi connectivity index (χ3v) is 2.40. The predicted molar refractivity (Wildman–Crippen MR) is 56.3 cm³/mol. The number of methoxy groups -OCH3 is 1. The SMILES string of the molecule is COc1ccc(C(C)/C(C)=N/O)cc1. The summed E-state index contributed by atoms with van der Waals surface area (Å²) in [7, 11) is 1.64. The third-order valence-electron chi connectivity index (χ3n) is 2.40. The van der Waals surface area contributed by atoms with Gasteiger partial charge in [-0.15, -0.1) is 0 Å². The number of oxime groups is 1. The predicted octanol–water partition coefficient (Wildman–Crippen LogP) is 2.65. The molecule has 3 nitrogen and oxygen atoms in total. The molecule has 0 aromatic heterocycles. The van der Waals surface area contributed by atoms with Gasteiger partial charge in [0, 0.05) is 5.92 Å². The molecular formula is C11H15NO2. The maximum absolute atomic E-state index is 8.63. The lowest BCUT2D eigenvalue weighted by atomic mass is 9.97. The third kappa shape index (κ3) is 2.25. The fourth-order valence-corrected chi connectivity index (χ4v) is 1.22. The first-order valence-corrected chi connectivity index (χ1v) is 4.51. The van der Waals surface area contributed by atoms with Crippen molar-refractivity contribution in [3.8, 4) is 5.75 Å². The van der Waals surface area contributed by atoms with Gasteiger partial charge in [-0.1, -0.05) is 24.2 Å². The number of benzene rings is 1. The summed E-state index contributed by atoms with van der Waals surface area (Å²) in [6, 6.07) is 7.74. The van der Waals surface area contributed by atoms with Crippen LogP contribution in [0.2, 0.25) is 0 Å². The summed E-state index contributed by atoms with van der Waals surface area (Å²) in [5, 5.41) is 11.8. The lowest BCUT2D eigenvalue weighted by Gasteiger charge is -2.10. The minimum atomic E-state index is 0.130. The molecule has 1 aromatic rings. The topological polar surface area (TPSA) is 41.8 Å². The maximum atomic E-state index is 8.63. The first-order chi connectivity index (χ1) is 6.69. The Morgan fingerprint density at radius 2 is 1.93 bits per heavy atom. The van der Waals surface area contributed by atoms with Crippen LogP contribution in [-0.4, -0.2) is 18.0 Å². The van der Waals surface area contributed by atoms with Gasteiger partial charge in [0.15, 0.2) is 0 Å². The van der Waals surface area contributed by atoms with E-state index in [1.54, 1.807) is 14.0 Å². The van der Waals surface area contributed by atoms with Crippen molar-refractivity contribution in [3.05, 3.63) is 29.8 Å². The largest absolute Gasteiger partial charge is 0.497 e. The van der Waals surface area contributed by atoms with E-state index in [1.165, 1.54) is 0 Å². The molecule has 1 N–H and O–H groups in total. The zero-order valence-corrected chi connectivity index (χ0v) is 8.69. The van der Waals surface area contributed by atoms with Crippen LogP contribution < -0.4 is 4.74 Å². The van der Waals surface area contributed by atoms with E-state index >= 15 is 0 Å². The minimum absolute atomic E-state index is 0.130. The zero-order chi connectivity index (χ0) is 10.6. The van der Waals surface area contributed by atoms with Gasteiger partial charge in [0.1, 0.15) is 5.75 Å². The Labute approximate surface area is 84.0 Å². The molecule has 14 heavy (non-hydrogen) atoms. The summed E-state index contributed by atoms with van der Waals surface area (Å²) in [6.07, 6.45) is 0. The van der Waals surface area contributed by atoms with Crippen molar-refractivity contribution in [2.24, 2.45) is 5.16 Å². The highest BCUT2D eigenvalue weighted by atomic mass is 16.5. The van der Waals surface area contributed by atoms with Gasteiger partial charge in [-0.2, -0.15) is 0 Å². The molecule has 0 aliphatic carbocycles. The van der Waals surface area contributed by atoms with Gasteiger partial charge in [-0.05, 0) is 24.6 Å². The summed E-state index contributed by atoms with van der Waals surface area (Å²) in [4.78, 5) is 0. The van der Waals surface area contributed by atoms with E-state index in [4.69, 9.17) is 9.94 Å². The lowest BCUT2D eigenvalue weighted by molar-refractivity contribution is 0.316. The van der Waals surface area contributed by atoms with Crippen molar-refractivity contribution in [2.75, 3.05) is 7.11 Å². The Morgan fingerprint density at radius 1 is 1.36 bits per heavy atom. The Balaban J connectivity index is 2.86. The van der Waals surface area contributed by atoms with E-state index in [1.807, 2.05) is 31.2 Å². The Kier molecular flexibility index (Phi) is 3.51. The fourth-order valence-electron chi connectivity index (χ4n) is 1.22. The van der Waals surface area contributed by atoms with E-state index in [2.05, 4.69) is 5.16 Å². The Morgan fingerprint density at radius 3 is 2.36 bits per heavy atom. The summed E-state index contributed by atoms with van der Waals surface area (Å²) in [6.45, 7) is 3.80. The number of nitrogens with zero attached hydrogens (tertiary/aromatic N) is 1. The van der Waals surface area contributed by atoms with E-state index in [-0.39, 0.29) is 5.92 Å². The molecule has 0 radical (unpaired) electrons. The molecule has 0 spiro atoms. The van der Waals surface area contributed by atoms with Gasteiger partial charge in [0.25, 0.3) is 0 Å². The van der Waals surface area contributed by atoms with Gasteiger partial charge in [-0.25, -0.2) is 0 Å². The molecule has 0 bridgehead atoms. The number of ether oxygens (including phenoxy) is 1. The van der Waals surface area contributed by atoms with Crippen molar-refractivity contribution < 1.29 is 9.94 Å². The van der Waals surface area contributed by atoms with Gasteiger partial charge in [-0.3, -0.25) is 0 Å². The number of hydrogen-bond acceptors (Lipinski definition) is 3. The molecule has 0 heterocycles. The summed E-state index contributed by atoms with van der Waals surface area (Å²) in [5.74, 6) is 0.963. The minimum Gasteiger partial charge on any atom is -0.497 e. The van der Waals surface area contributed by atoms with Crippen LogP contribution in [0.3, 0.4) is 0 Å². The molecular weight excluding hydrogens is 178 g/mol. The summed E-state index contributed by atoms with van der Waals surface area (Å²) < 4.78 is 5.06. The molecule has 0 aliphatic rings. The van der Waals surface area contributed by atoms with E-state index in [9.17, 15) is 0 Å². The molecule has 1 aromatic carbocycles. The second-order valence-corrected chi connectivity index (χ2v) is 3.24. The molecule has 1 atom stereocenters. The van der Waals surface area contributed by atoms with Crippen molar-refractivity contribution in [1.29, 1.82) is 0 Å². The molecule has 1 unspecified atom stereocenters. The van der Waals surface area contributed by atoms with E-state index in [0.29, 0.717) is 5.71 Å². The fraction of sp³-hybridized carbons (Fsp3) is 0.364. The van der Waals surface area contributed by atoms with Gasteiger partial charge >= 0.3 is 0 Å². The van der Waals surface area contributed by atoms with Crippen molar-refractivity contribution >= 4 is 5.71 Å². The highest BCUT2D eigenvalue weighted by Crippen LogP contribution is 2.20. The average molecular weight is 193 g/mol. The first-order valence-electron chi connectivity index (χ1n) is 4.51. The summed E-state index contributed by atoms with van der Waals surface area (Å²) >= 11 is 0. The first kappa shape index (κ1) is 10.6. The van der Waals surface area contributed by atoms with Crippen LogP contribution in [0.1, 0.15) is 25.3 Å². The molecule has 0 amide bonds. The molecule has 0 saturated heterocycles. The lowest BCUT2D eigenvalue weighted by Crippen LogP contribution is -2.04. The van der Waals surface area contributed by atoms with E-state index in [0.717, 1.165) is 11.3 Å². The molecule has 0 aliphatic heterocycles. The second kappa shape index (κ2) is 4.65. The van der Waals surface area contributed by atoms with Crippen LogP contribution >= 0.6 is 0 Å². The molecule has 0 fully saturated rings. The van der Waals surface area contributed by atoms with E-state index < -0.39 is 0 Å². The van der Waals surface area contributed by atoms with Crippen LogP contribution in [-0.2, 0) is 0 Å². The highest BCUT2D eigenvalue weighted by Gasteiger charge is 2.08. The number of rotatable bonds is 3. The normalized spacial score (nSPS) is 13.8. The van der Waals surface area contributed by atoms with Crippen LogP contribution in [0.15, 0.2) is 29.4 Å². The molecule has 76 valence electrons. The average Bonchev–Trinajstić information content (AvgIpc) is 2.27. The molecule has 3 heteroatoms.